The van der Waals surface area contributed by atoms with E-state index in [-0.39, 0.29) is 5.91 Å². The zero-order chi connectivity index (χ0) is 20.1. The number of anilines is 1. The molecular formula is C21H23N3O3S. The van der Waals surface area contributed by atoms with E-state index in [1.165, 1.54) is 11.3 Å². The Bertz CT molecular complexity index is 952. The number of carbonyl (C=O) groups excluding carboxylic acids is 1. The third-order valence-corrected chi connectivity index (χ3v) is 5.16. The molecule has 3 rings (SSSR count). The molecule has 28 heavy (non-hydrogen) atoms. The normalized spacial score (nSPS) is 10.4. The highest BCUT2D eigenvalue weighted by molar-refractivity contribution is 7.13. The second kappa shape index (κ2) is 8.75. The van der Waals surface area contributed by atoms with E-state index in [1.54, 1.807) is 19.6 Å². The number of carbonyl (C=O) groups is 1. The number of aromatic nitrogens is 1. The Labute approximate surface area is 168 Å². The molecule has 0 unspecified atom stereocenters. The number of thiazole rings is 1. The van der Waals surface area contributed by atoms with Crippen LogP contribution in [0.2, 0.25) is 0 Å². The fourth-order valence-corrected chi connectivity index (χ4v) is 3.46. The molecule has 1 aromatic heterocycles. The van der Waals surface area contributed by atoms with Gasteiger partial charge in [-0.1, -0.05) is 12.1 Å². The average Bonchev–Trinajstić information content (AvgIpc) is 3.22. The predicted octanol–water partition coefficient (Wildman–Crippen LogP) is 3.82. The molecule has 0 radical (unpaired) electrons. The molecule has 0 aliphatic carbocycles. The number of hydrogen-bond donors (Lipinski definition) is 1. The van der Waals surface area contributed by atoms with Crippen LogP contribution in [0.1, 0.15) is 16.1 Å². The largest absolute Gasteiger partial charge is 0.493 e. The predicted molar refractivity (Wildman–Crippen MR) is 113 cm³/mol. The minimum Gasteiger partial charge on any atom is -0.493 e. The van der Waals surface area contributed by atoms with Crippen molar-refractivity contribution in [3.05, 3.63) is 59.1 Å². The zero-order valence-electron chi connectivity index (χ0n) is 16.4. The molecule has 1 heterocycles. The van der Waals surface area contributed by atoms with Crippen molar-refractivity contribution in [3.8, 4) is 22.1 Å². The number of hydrogen-bond acceptors (Lipinski definition) is 6. The highest BCUT2D eigenvalue weighted by Gasteiger charge is 2.13. The standard InChI is InChI=1S/C21H23N3O3S/c1-24(2)16-8-5-14(6-9-16)12-22-20(25)17-13-28-21(23-17)15-7-10-18(26-3)19(11-15)27-4/h5-11,13H,12H2,1-4H3,(H,22,25). The van der Waals surface area contributed by atoms with Crippen LogP contribution in [0, 0.1) is 0 Å². The third kappa shape index (κ3) is 4.43. The number of amides is 1. The van der Waals surface area contributed by atoms with Crippen LogP contribution in [0.15, 0.2) is 47.8 Å². The minimum atomic E-state index is -0.195. The van der Waals surface area contributed by atoms with Crippen molar-refractivity contribution >= 4 is 22.9 Å². The zero-order valence-corrected chi connectivity index (χ0v) is 17.2. The van der Waals surface area contributed by atoms with Crippen LogP contribution < -0.4 is 19.7 Å². The van der Waals surface area contributed by atoms with Gasteiger partial charge in [0.25, 0.3) is 5.91 Å². The Morgan fingerprint density at radius 2 is 1.79 bits per heavy atom. The van der Waals surface area contributed by atoms with Gasteiger partial charge in [0.1, 0.15) is 10.7 Å². The van der Waals surface area contributed by atoms with Crippen LogP contribution in [0.4, 0.5) is 5.69 Å². The molecule has 0 atom stereocenters. The number of methoxy groups -OCH3 is 2. The number of nitrogens with zero attached hydrogens (tertiary/aromatic N) is 2. The average molecular weight is 398 g/mol. The second-order valence-corrected chi connectivity index (χ2v) is 7.21. The highest BCUT2D eigenvalue weighted by atomic mass is 32.1. The van der Waals surface area contributed by atoms with Gasteiger partial charge in [-0.3, -0.25) is 4.79 Å². The molecule has 0 fully saturated rings. The van der Waals surface area contributed by atoms with Crippen LogP contribution in [0.25, 0.3) is 10.6 Å². The van der Waals surface area contributed by atoms with Gasteiger partial charge in [-0.25, -0.2) is 4.98 Å². The lowest BCUT2D eigenvalue weighted by Gasteiger charge is -2.12. The van der Waals surface area contributed by atoms with Crippen molar-refractivity contribution in [1.82, 2.24) is 10.3 Å². The monoisotopic (exact) mass is 397 g/mol. The number of rotatable bonds is 7. The maximum absolute atomic E-state index is 12.4. The van der Waals surface area contributed by atoms with Crippen LogP contribution >= 0.6 is 11.3 Å². The quantitative estimate of drug-likeness (QED) is 0.657. The molecule has 146 valence electrons. The summed E-state index contributed by atoms with van der Waals surface area (Å²) in [5.74, 6) is 1.09. The minimum absolute atomic E-state index is 0.195. The van der Waals surface area contributed by atoms with Crippen LogP contribution in [-0.4, -0.2) is 39.2 Å². The summed E-state index contributed by atoms with van der Waals surface area (Å²) in [5.41, 5.74) is 3.43. The van der Waals surface area contributed by atoms with Gasteiger partial charge in [0.05, 0.1) is 14.2 Å². The first-order valence-electron chi connectivity index (χ1n) is 8.74. The van der Waals surface area contributed by atoms with Crippen LogP contribution in [0.5, 0.6) is 11.5 Å². The summed E-state index contributed by atoms with van der Waals surface area (Å²) in [4.78, 5) is 18.9. The summed E-state index contributed by atoms with van der Waals surface area (Å²) < 4.78 is 10.6. The molecule has 0 bridgehead atoms. The van der Waals surface area contributed by atoms with Crippen molar-refractivity contribution in [2.45, 2.75) is 6.54 Å². The summed E-state index contributed by atoms with van der Waals surface area (Å²) in [6.07, 6.45) is 0. The van der Waals surface area contributed by atoms with Crippen molar-refractivity contribution in [2.24, 2.45) is 0 Å². The molecule has 0 aliphatic heterocycles. The van der Waals surface area contributed by atoms with E-state index < -0.39 is 0 Å². The molecule has 7 heteroatoms. The van der Waals surface area contributed by atoms with E-state index in [0.29, 0.717) is 23.7 Å². The van der Waals surface area contributed by atoms with Crippen molar-refractivity contribution in [1.29, 1.82) is 0 Å². The molecule has 0 spiro atoms. The molecule has 1 amide bonds. The maximum Gasteiger partial charge on any atom is 0.271 e. The van der Waals surface area contributed by atoms with Gasteiger partial charge in [0.15, 0.2) is 11.5 Å². The SMILES string of the molecule is COc1ccc(-c2nc(C(=O)NCc3ccc(N(C)C)cc3)cs2)cc1OC. The maximum atomic E-state index is 12.4. The smallest absolute Gasteiger partial charge is 0.271 e. The molecule has 0 aliphatic rings. The third-order valence-electron chi connectivity index (χ3n) is 4.27. The molecule has 1 N–H and O–H groups in total. The van der Waals surface area contributed by atoms with Crippen LogP contribution in [-0.2, 0) is 6.54 Å². The molecule has 2 aromatic carbocycles. The van der Waals surface area contributed by atoms with Gasteiger partial charge in [-0.05, 0) is 35.9 Å². The van der Waals surface area contributed by atoms with Gasteiger partial charge < -0.3 is 19.7 Å². The van der Waals surface area contributed by atoms with Gasteiger partial charge in [0, 0.05) is 37.3 Å². The molecule has 0 saturated carbocycles. The van der Waals surface area contributed by atoms with E-state index in [4.69, 9.17) is 9.47 Å². The number of nitrogens with one attached hydrogen (secondary N) is 1. The van der Waals surface area contributed by atoms with Crippen molar-refractivity contribution < 1.29 is 14.3 Å². The Morgan fingerprint density at radius 3 is 2.43 bits per heavy atom. The lowest BCUT2D eigenvalue weighted by Crippen LogP contribution is -2.23. The summed E-state index contributed by atoms with van der Waals surface area (Å²) in [5, 5.41) is 5.43. The Morgan fingerprint density at radius 1 is 1.07 bits per heavy atom. The van der Waals surface area contributed by atoms with Gasteiger partial charge >= 0.3 is 0 Å². The Kier molecular flexibility index (Phi) is 6.16. The van der Waals surface area contributed by atoms with E-state index in [9.17, 15) is 4.79 Å². The second-order valence-electron chi connectivity index (χ2n) is 6.35. The van der Waals surface area contributed by atoms with E-state index in [0.717, 1.165) is 21.8 Å². The summed E-state index contributed by atoms with van der Waals surface area (Å²) >= 11 is 1.42. The molecular weight excluding hydrogens is 374 g/mol. The van der Waals surface area contributed by atoms with E-state index in [2.05, 4.69) is 10.3 Å². The topological polar surface area (TPSA) is 63.7 Å². The van der Waals surface area contributed by atoms with Gasteiger partial charge in [0.2, 0.25) is 0 Å². The first kappa shape index (κ1) is 19.7. The Hall–Kier alpha value is -3.06. The van der Waals surface area contributed by atoms with E-state index in [1.807, 2.05) is 61.5 Å². The lowest BCUT2D eigenvalue weighted by molar-refractivity contribution is 0.0946. The summed E-state index contributed by atoms with van der Waals surface area (Å²) in [7, 11) is 7.18. The molecule has 6 nitrogen and oxygen atoms in total. The summed E-state index contributed by atoms with van der Waals surface area (Å²) in [6, 6.07) is 13.6. The van der Waals surface area contributed by atoms with Crippen molar-refractivity contribution in [3.63, 3.8) is 0 Å². The lowest BCUT2D eigenvalue weighted by atomic mass is 10.2. The van der Waals surface area contributed by atoms with Gasteiger partial charge in [-0.15, -0.1) is 11.3 Å². The Balaban J connectivity index is 1.67. The van der Waals surface area contributed by atoms with E-state index >= 15 is 0 Å². The number of ether oxygens (including phenoxy) is 2. The van der Waals surface area contributed by atoms with Crippen LogP contribution in [0.3, 0.4) is 0 Å². The van der Waals surface area contributed by atoms with Crippen molar-refractivity contribution in [2.75, 3.05) is 33.2 Å². The fourth-order valence-electron chi connectivity index (χ4n) is 2.66. The summed E-state index contributed by atoms with van der Waals surface area (Å²) in [6.45, 7) is 0.454. The molecule has 3 aromatic rings. The molecule has 0 saturated heterocycles. The fraction of sp³-hybridized carbons (Fsp3) is 0.238. The first-order chi connectivity index (χ1) is 13.5. The number of benzene rings is 2. The van der Waals surface area contributed by atoms with Gasteiger partial charge in [-0.2, -0.15) is 0 Å². The first-order valence-corrected chi connectivity index (χ1v) is 9.62. The highest BCUT2D eigenvalue weighted by Crippen LogP contribution is 2.33.